The Balaban J connectivity index is 1.88. The highest BCUT2D eigenvalue weighted by atomic mass is 19.3. The van der Waals surface area contributed by atoms with Crippen molar-refractivity contribution in [3.8, 4) is 6.07 Å². The number of nitrogens with zero attached hydrogens (tertiary/aromatic N) is 5. The maximum Gasteiger partial charge on any atom is 0.308 e. The summed E-state index contributed by atoms with van der Waals surface area (Å²) in [6.45, 7) is 0.467. The molecule has 0 aromatic carbocycles. The lowest BCUT2D eigenvalue weighted by atomic mass is 10.1. The van der Waals surface area contributed by atoms with Crippen LogP contribution < -0.4 is 10.8 Å². The zero-order chi connectivity index (χ0) is 23.3. The summed E-state index contributed by atoms with van der Waals surface area (Å²) >= 11 is 0. The largest absolute Gasteiger partial charge is 0.427 e. The number of aromatic nitrogens is 3. The fraction of sp³-hybridized carbons (Fsp3) is 0.190. The van der Waals surface area contributed by atoms with Crippen LogP contribution in [0.15, 0.2) is 53.8 Å². The Morgan fingerprint density at radius 1 is 1.25 bits per heavy atom. The van der Waals surface area contributed by atoms with E-state index in [4.69, 9.17) is 0 Å². The summed E-state index contributed by atoms with van der Waals surface area (Å²) in [5, 5.41) is 22.0. The minimum atomic E-state index is -3.41. The first kappa shape index (κ1) is 22.5. The van der Waals surface area contributed by atoms with Crippen molar-refractivity contribution in [3.63, 3.8) is 0 Å². The lowest BCUT2D eigenvalue weighted by Crippen LogP contribution is -2.29. The van der Waals surface area contributed by atoms with Crippen LogP contribution >= 0.6 is 0 Å². The van der Waals surface area contributed by atoms with E-state index in [0.29, 0.717) is 4.73 Å². The minimum Gasteiger partial charge on any atom is -0.427 e. The average Bonchev–Trinajstić information content (AvgIpc) is 2.78. The molecule has 0 saturated carbocycles. The summed E-state index contributed by atoms with van der Waals surface area (Å²) in [5.41, 5.74) is -0.826. The maximum atomic E-state index is 14.3. The summed E-state index contributed by atoms with van der Waals surface area (Å²) in [4.78, 5) is 23.4. The van der Waals surface area contributed by atoms with Gasteiger partial charge in [0, 0.05) is 12.4 Å². The standard InChI is InChI=1S/C21H17F3N6O2/c1-13-7-9-27-20(19(13)22)29-18(31)10-15-14(11-25)5-6-17(30(15)32)28-12-21(23,24)16-4-2-3-8-26-16/h2-9,32H,10,12H2,1H3,(H,27,29,31). The zero-order valence-corrected chi connectivity index (χ0v) is 16.8. The van der Waals surface area contributed by atoms with Gasteiger partial charge in [-0.25, -0.2) is 9.37 Å². The molecule has 0 aliphatic carbocycles. The zero-order valence-electron chi connectivity index (χ0n) is 16.8. The SMILES string of the molecule is Cc1ccnc(NC(=O)Cc2c(C#N)ccc(=NCC(F)(F)c3ccccn3)n2O)c1F. The predicted molar refractivity (Wildman–Crippen MR) is 106 cm³/mol. The quantitative estimate of drug-likeness (QED) is 0.570. The number of alkyl halides is 2. The summed E-state index contributed by atoms with van der Waals surface area (Å²) in [6.07, 6.45) is 1.97. The molecule has 2 N–H and O–H groups in total. The highest BCUT2D eigenvalue weighted by molar-refractivity contribution is 5.91. The minimum absolute atomic E-state index is 0.0873. The first-order valence-corrected chi connectivity index (χ1v) is 9.28. The van der Waals surface area contributed by atoms with Crippen molar-refractivity contribution < 1.29 is 23.2 Å². The molecule has 0 bridgehead atoms. The number of anilines is 1. The van der Waals surface area contributed by atoms with Crippen LogP contribution in [0.1, 0.15) is 22.5 Å². The second-order valence-electron chi connectivity index (χ2n) is 6.73. The Morgan fingerprint density at radius 3 is 2.72 bits per heavy atom. The Kier molecular flexibility index (Phi) is 6.53. The number of nitrogens with one attached hydrogen (secondary N) is 1. The van der Waals surface area contributed by atoms with Crippen molar-refractivity contribution in [1.29, 1.82) is 5.26 Å². The molecule has 3 aromatic heterocycles. The molecule has 0 unspecified atom stereocenters. The number of halogens is 3. The fourth-order valence-electron chi connectivity index (χ4n) is 2.76. The first-order chi connectivity index (χ1) is 15.2. The highest BCUT2D eigenvalue weighted by Gasteiger charge is 2.32. The molecule has 0 aliphatic rings. The summed E-state index contributed by atoms with van der Waals surface area (Å²) in [6, 6.07) is 9.67. The number of carbonyl (C=O) groups excluding carboxylic acids is 1. The summed E-state index contributed by atoms with van der Waals surface area (Å²) in [5.74, 6) is -5.22. The third-order valence-electron chi connectivity index (χ3n) is 4.45. The number of carbonyl (C=O) groups is 1. The van der Waals surface area contributed by atoms with Gasteiger partial charge in [0.25, 0.3) is 0 Å². The topological polar surface area (TPSA) is 116 Å². The fourth-order valence-corrected chi connectivity index (χ4v) is 2.76. The van der Waals surface area contributed by atoms with Crippen LogP contribution in [0.3, 0.4) is 0 Å². The molecule has 164 valence electrons. The van der Waals surface area contributed by atoms with E-state index in [1.54, 1.807) is 6.07 Å². The Hall–Kier alpha value is -4.20. The first-order valence-electron chi connectivity index (χ1n) is 9.28. The van der Waals surface area contributed by atoms with Gasteiger partial charge in [0.2, 0.25) is 5.91 Å². The van der Waals surface area contributed by atoms with Crippen molar-refractivity contribution in [1.82, 2.24) is 14.7 Å². The van der Waals surface area contributed by atoms with E-state index in [1.807, 2.05) is 0 Å². The molecule has 1 amide bonds. The highest BCUT2D eigenvalue weighted by Crippen LogP contribution is 2.25. The molecule has 0 aliphatic heterocycles. The van der Waals surface area contributed by atoms with Crippen LogP contribution in [-0.2, 0) is 17.1 Å². The Labute approximate surface area is 180 Å². The number of hydrogen-bond acceptors (Lipinski definition) is 6. The van der Waals surface area contributed by atoms with Gasteiger partial charge in [0.15, 0.2) is 17.1 Å². The van der Waals surface area contributed by atoms with Gasteiger partial charge < -0.3 is 10.5 Å². The van der Waals surface area contributed by atoms with Crippen molar-refractivity contribution >= 4 is 11.7 Å². The smallest absolute Gasteiger partial charge is 0.308 e. The monoisotopic (exact) mass is 442 g/mol. The number of rotatable bonds is 6. The van der Waals surface area contributed by atoms with E-state index >= 15 is 0 Å². The van der Waals surface area contributed by atoms with Crippen LogP contribution in [0, 0.1) is 24.1 Å². The van der Waals surface area contributed by atoms with Crippen molar-refractivity contribution in [2.75, 3.05) is 11.9 Å². The van der Waals surface area contributed by atoms with Gasteiger partial charge in [-0.2, -0.15) is 18.8 Å². The third-order valence-corrected chi connectivity index (χ3v) is 4.45. The van der Waals surface area contributed by atoms with Gasteiger partial charge in [0.05, 0.1) is 17.7 Å². The molecule has 3 heterocycles. The average molecular weight is 442 g/mol. The molecule has 0 radical (unpaired) electrons. The third kappa shape index (κ3) is 4.92. The maximum absolute atomic E-state index is 14.3. The Morgan fingerprint density at radius 2 is 2.03 bits per heavy atom. The van der Waals surface area contributed by atoms with Gasteiger partial charge in [-0.3, -0.25) is 14.8 Å². The normalized spacial score (nSPS) is 11.8. The van der Waals surface area contributed by atoms with E-state index in [0.717, 1.165) is 12.1 Å². The van der Waals surface area contributed by atoms with Crippen LogP contribution in [0.25, 0.3) is 0 Å². The second-order valence-corrected chi connectivity index (χ2v) is 6.73. The summed E-state index contributed by atoms with van der Waals surface area (Å²) in [7, 11) is 0. The molecule has 0 atom stereocenters. The van der Waals surface area contributed by atoms with E-state index in [9.17, 15) is 28.4 Å². The molecule has 0 fully saturated rings. The molecule has 32 heavy (non-hydrogen) atoms. The second kappa shape index (κ2) is 9.30. The molecular weight excluding hydrogens is 425 g/mol. The number of amides is 1. The van der Waals surface area contributed by atoms with E-state index < -0.39 is 36.3 Å². The molecule has 8 nitrogen and oxygen atoms in total. The van der Waals surface area contributed by atoms with Gasteiger partial charge in [-0.05, 0) is 42.8 Å². The number of pyridine rings is 3. The lowest BCUT2D eigenvalue weighted by molar-refractivity contribution is -0.115. The van der Waals surface area contributed by atoms with E-state index in [1.165, 1.54) is 43.6 Å². The van der Waals surface area contributed by atoms with Crippen LogP contribution in [0.2, 0.25) is 0 Å². The van der Waals surface area contributed by atoms with Gasteiger partial charge >= 0.3 is 5.92 Å². The van der Waals surface area contributed by atoms with E-state index in [-0.39, 0.29) is 28.1 Å². The van der Waals surface area contributed by atoms with Gasteiger partial charge in [-0.15, -0.1) is 0 Å². The van der Waals surface area contributed by atoms with Crippen LogP contribution in [0.5, 0.6) is 0 Å². The molecule has 11 heteroatoms. The van der Waals surface area contributed by atoms with Crippen molar-refractivity contribution in [2.24, 2.45) is 4.99 Å². The molecule has 3 rings (SSSR count). The number of aryl methyl sites for hydroxylation is 1. The lowest BCUT2D eigenvalue weighted by Gasteiger charge is -2.14. The molecule has 0 spiro atoms. The molecule has 0 saturated heterocycles. The van der Waals surface area contributed by atoms with E-state index in [2.05, 4.69) is 20.3 Å². The molecular formula is C21H17F3N6O2. The number of nitriles is 1. The Bertz CT molecular complexity index is 1250. The molecule has 3 aromatic rings. The number of hydrogen-bond donors (Lipinski definition) is 2. The van der Waals surface area contributed by atoms with Gasteiger partial charge in [-0.1, -0.05) is 6.07 Å². The van der Waals surface area contributed by atoms with Crippen molar-refractivity contribution in [3.05, 3.63) is 82.6 Å². The van der Waals surface area contributed by atoms with Gasteiger partial charge in [0.1, 0.15) is 18.3 Å². The van der Waals surface area contributed by atoms with Crippen LogP contribution in [0.4, 0.5) is 19.0 Å². The summed E-state index contributed by atoms with van der Waals surface area (Å²) < 4.78 is 43.1. The van der Waals surface area contributed by atoms with Crippen LogP contribution in [-0.4, -0.2) is 32.4 Å². The van der Waals surface area contributed by atoms with Crippen molar-refractivity contribution in [2.45, 2.75) is 19.3 Å². The predicted octanol–water partition coefficient (Wildman–Crippen LogP) is 2.71.